The summed E-state index contributed by atoms with van der Waals surface area (Å²) in [5, 5.41) is 9.55. The summed E-state index contributed by atoms with van der Waals surface area (Å²) in [4.78, 5) is 11.8. The fourth-order valence-electron chi connectivity index (χ4n) is 1.18. The van der Waals surface area contributed by atoms with Crippen molar-refractivity contribution in [3.8, 4) is 0 Å². The summed E-state index contributed by atoms with van der Waals surface area (Å²) in [6.45, 7) is 0. The standard InChI is InChI=1S/C10H6Cl3N3O/c11-5-1-3-6(4-2-5)14-10(17)8-7(12)9(13)16-15-8/h1-4H,(H,14,17)(H,15,16). The van der Waals surface area contributed by atoms with Gasteiger partial charge in [0.25, 0.3) is 5.91 Å². The lowest BCUT2D eigenvalue weighted by Gasteiger charge is -2.02. The molecule has 17 heavy (non-hydrogen) atoms. The smallest absolute Gasteiger partial charge is 0.277 e. The molecule has 7 heteroatoms. The van der Waals surface area contributed by atoms with E-state index in [1.54, 1.807) is 24.3 Å². The van der Waals surface area contributed by atoms with Crippen molar-refractivity contribution in [3.63, 3.8) is 0 Å². The van der Waals surface area contributed by atoms with Crippen molar-refractivity contribution in [3.05, 3.63) is 45.2 Å². The Morgan fingerprint density at radius 3 is 2.35 bits per heavy atom. The molecule has 0 radical (unpaired) electrons. The minimum Gasteiger partial charge on any atom is -0.321 e. The van der Waals surface area contributed by atoms with E-state index in [1.807, 2.05) is 0 Å². The number of hydrogen-bond acceptors (Lipinski definition) is 2. The zero-order valence-electron chi connectivity index (χ0n) is 8.30. The number of H-pyrrole nitrogens is 1. The number of carbonyl (C=O) groups is 1. The molecule has 88 valence electrons. The second-order valence-corrected chi connectivity index (χ2v) is 4.35. The van der Waals surface area contributed by atoms with Crippen LogP contribution in [0.4, 0.5) is 5.69 Å². The highest BCUT2D eigenvalue weighted by Gasteiger charge is 2.17. The largest absolute Gasteiger partial charge is 0.321 e. The molecule has 0 aliphatic rings. The molecule has 0 aliphatic carbocycles. The highest BCUT2D eigenvalue weighted by molar-refractivity contribution is 6.43. The van der Waals surface area contributed by atoms with Crippen LogP contribution in [0.25, 0.3) is 0 Å². The Balaban J connectivity index is 2.17. The van der Waals surface area contributed by atoms with Crippen LogP contribution in [0.1, 0.15) is 10.5 Å². The van der Waals surface area contributed by atoms with Gasteiger partial charge in [0.2, 0.25) is 0 Å². The van der Waals surface area contributed by atoms with Crippen LogP contribution in [0.15, 0.2) is 24.3 Å². The van der Waals surface area contributed by atoms with Crippen LogP contribution in [0.5, 0.6) is 0 Å². The zero-order chi connectivity index (χ0) is 12.4. The Kier molecular flexibility index (Phi) is 3.57. The van der Waals surface area contributed by atoms with Crippen LogP contribution < -0.4 is 5.32 Å². The molecule has 1 amide bonds. The number of halogens is 3. The average Bonchev–Trinajstić information content (AvgIpc) is 2.63. The number of aromatic nitrogens is 2. The number of nitrogens with zero attached hydrogens (tertiary/aromatic N) is 1. The second-order valence-electron chi connectivity index (χ2n) is 3.16. The van der Waals surface area contributed by atoms with Gasteiger partial charge in [-0.2, -0.15) is 5.10 Å². The Labute approximate surface area is 112 Å². The molecule has 0 unspecified atom stereocenters. The number of nitrogens with one attached hydrogen (secondary N) is 2. The van der Waals surface area contributed by atoms with E-state index >= 15 is 0 Å². The maximum atomic E-state index is 11.8. The van der Waals surface area contributed by atoms with Crippen LogP contribution in [-0.2, 0) is 0 Å². The van der Waals surface area contributed by atoms with Crippen LogP contribution >= 0.6 is 34.8 Å². The number of amides is 1. The molecule has 0 atom stereocenters. The molecule has 2 aromatic rings. The predicted molar refractivity (Wildman–Crippen MR) is 68.0 cm³/mol. The van der Waals surface area contributed by atoms with E-state index < -0.39 is 5.91 Å². The lowest BCUT2D eigenvalue weighted by molar-refractivity contribution is 0.102. The first-order valence-corrected chi connectivity index (χ1v) is 5.67. The van der Waals surface area contributed by atoms with E-state index in [2.05, 4.69) is 15.5 Å². The molecule has 4 nitrogen and oxygen atoms in total. The molecule has 0 saturated carbocycles. The number of anilines is 1. The molecule has 1 aromatic carbocycles. The Morgan fingerprint density at radius 1 is 1.18 bits per heavy atom. The van der Waals surface area contributed by atoms with Crippen molar-refractivity contribution in [2.45, 2.75) is 0 Å². The van der Waals surface area contributed by atoms with Crippen LogP contribution in [0.2, 0.25) is 15.2 Å². The van der Waals surface area contributed by atoms with Crippen LogP contribution in [0.3, 0.4) is 0 Å². The maximum absolute atomic E-state index is 11.8. The zero-order valence-corrected chi connectivity index (χ0v) is 10.6. The minimum absolute atomic E-state index is 0.0478. The third-order valence-corrected chi connectivity index (χ3v) is 2.97. The maximum Gasteiger partial charge on any atom is 0.277 e. The topological polar surface area (TPSA) is 57.8 Å². The van der Waals surface area contributed by atoms with Gasteiger partial charge in [-0.25, -0.2) is 0 Å². The van der Waals surface area contributed by atoms with Gasteiger partial charge < -0.3 is 5.32 Å². The minimum atomic E-state index is -0.444. The first-order chi connectivity index (χ1) is 8.08. The van der Waals surface area contributed by atoms with E-state index in [1.165, 1.54) is 0 Å². The first kappa shape index (κ1) is 12.2. The molecule has 0 saturated heterocycles. The van der Waals surface area contributed by atoms with Gasteiger partial charge in [-0.3, -0.25) is 9.89 Å². The van der Waals surface area contributed by atoms with Crippen LogP contribution in [-0.4, -0.2) is 16.1 Å². The Morgan fingerprint density at radius 2 is 1.82 bits per heavy atom. The highest BCUT2D eigenvalue weighted by atomic mass is 35.5. The Bertz CT molecular complexity index is 550. The van der Waals surface area contributed by atoms with Gasteiger partial charge in [-0.15, -0.1) is 0 Å². The lowest BCUT2D eigenvalue weighted by atomic mass is 10.3. The van der Waals surface area contributed by atoms with Crippen molar-refractivity contribution in [2.75, 3.05) is 5.32 Å². The molecule has 0 bridgehead atoms. The SMILES string of the molecule is O=C(Nc1ccc(Cl)cc1)c1n[nH]c(Cl)c1Cl. The van der Waals surface area contributed by atoms with Gasteiger partial charge in [-0.05, 0) is 24.3 Å². The first-order valence-electron chi connectivity index (χ1n) is 4.54. The molecule has 1 heterocycles. The van der Waals surface area contributed by atoms with Crippen molar-refractivity contribution >= 4 is 46.4 Å². The van der Waals surface area contributed by atoms with Gasteiger partial charge in [0.05, 0.1) is 0 Å². The molecule has 1 aromatic heterocycles. The number of aromatic amines is 1. The molecule has 2 N–H and O–H groups in total. The fraction of sp³-hybridized carbons (Fsp3) is 0. The van der Waals surface area contributed by atoms with E-state index in [-0.39, 0.29) is 15.9 Å². The number of hydrogen-bond donors (Lipinski definition) is 2. The molecule has 0 fully saturated rings. The van der Waals surface area contributed by atoms with Crippen molar-refractivity contribution < 1.29 is 4.79 Å². The predicted octanol–water partition coefficient (Wildman–Crippen LogP) is 3.62. The summed E-state index contributed by atoms with van der Waals surface area (Å²) in [5.41, 5.74) is 0.640. The third kappa shape index (κ3) is 2.72. The summed E-state index contributed by atoms with van der Waals surface area (Å²) in [6.07, 6.45) is 0. The summed E-state index contributed by atoms with van der Waals surface area (Å²) in [6, 6.07) is 6.66. The summed E-state index contributed by atoms with van der Waals surface area (Å²) in [7, 11) is 0. The average molecular weight is 291 g/mol. The van der Waals surface area contributed by atoms with Crippen molar-refractivity contribution in [1.82, 2.24) is 10.2 Å². The fourth-order valence-corrected chi connectivity index (χ4v) is 1.61. The normalized spacial score (nSPS) is 10.3. The van der Waals surface area contributed by atoms with E-state index in [0.29, 0.717) is 10.7 Å². The van der Waals surface area contributed by atoms with Crippen molar-refractivity contribution in [1.29, 1.82) is 0 Å². The third-order valence-electron chi connectivity index (χ3n) is 1.98. The van der Waals surface area contributed by atoms with Crippen LogP contribution in [0, 0.1) is 0 Å². The number of rotatable bonds is 2. The molecular weight excluding hydrogens is 284 g/mol. The van der Waals surface area contributed by atoms with E-state index in [4.69, 9.17) is 34.8 Å². The second kappa shape index (κ2) is 4.96. The molecule has 2 rings (SSSR count). The highest BCUT2D eigenvalue weighted by Crippen LogP contribution is 2.23. The monoisotopic (exact) mass is 289 g/mol. The summed E-state index contributed by atoms with van der Waals surface area (Å²) >= 11 is 17.2. The van der Waals surface area contributed by atoms with Gasteiger partial charge in [0.15, 0.2) is 5.69 Å². The van der Waals surface area contributed by atoms with Crippen molar-refractivity contribution in [2.24, 2.45) is 0 Å². The van der Waals surface area contributed by atoms with Gasteiger partial charge in [0, 0.05) is 10.7 Å². The number of benzene rings is 1. The quantitative estimate of drug-likeness (QED) is 0.887. The van der Waals surface area contributed by atoms with Gasteiger partial charge >= 0.3 is 0 Å². The van der Waals surface area contributed by atoms with Gasteiger partial charge in [-0.1, -0.05) is 34.8 Å². The van der Waals surface area contributed by atoms with Gasteiger partial charge in [0.1, 0.15) is 10.2 Å². The summed E-state index contributed by atoms with van der Waals surface area (Å²) in [5.74, 6) is -0.444. The lowest BCUT2D eigenvalue weighted by Crippen LogP contribution is -2.12. The van der Waals surface area contributed by atoms with E-state index in [9.17, 15) is 4.79 Å². The Hall–Kier alpha value is -1.23. The number of carbonyl (C=O) groups excluding carboxylic acids is 1. The molecule has 0 aliphatic heterocycles. The summed E-state index contributed by atoms with van der Waals surface area (Å²) < 4.78 is 0. The molecular formula is C10H6Cl3N3O. The molecule has 0 spiro atoms. The van der Waals surface area contributed by atoms with E-state index in [0.717, 1.165) is 0 Å².